The SMILES string of the molecule is [2H]/C(=C(/O)c1cccs1)C(O)C(F)(F)F. The van der Waals surface area contributed by atoms with Crippen molar-refractivity contribution in [1.82, 2.24) is 0 Å². The van der Waals surface area contributed by atoms with Gasteiger partial charge in [-0.05, 0) is 17.5 Å². The summed E-state index contributed by atoms with van der Waals surface area (Å²) in [5, 5.41) is 19.5. The molecule has 1 unspecified atom stereocenters. The Morgan fingerprint density at radius 1 is 1.64 bits per heavy atom. The Balaban J connectivity index is 3.01. The van der Waals surface area contributed by atoms with Crippen LogP contribution < -0.4 is 0 Å². The van der Waals surface area contributed by atoms with Crippen LogP contribution in [0.25, 0.3) is 5.76 Å². The van der Waals surface area contributed by atoms with Crippen LogP contribution in [0.2, 0.25) is 0 Å². The Morgan fingerprint density at radius 2 is 2.29 bits per heavy atom. The number of halogens is 3. The minimum absolute atomic E-state index is 0.114. The molecule has 14 heavy (non-hydrogen) atoms. The van der Waals surface area contributed by atoms with E-state index < -0.39 is 24.1 Å². The van der Waals surface area contributed by atoms with Crippen molar-refractivity contribution >= 4 is 17.1 Å². The van der Waals surface area contributed by atoms with Crippen LogP contribution in [0.15, 0.2) is 23.6 Å². The van der Waals surface area contributed by atoms with Crippen LogP contribution in [-0.2, 0) is 0 Å². The Kier molecular flexibility index (Phi) is 2.74. The smallest absolute Gasteiger partial charge is 0.418 e. The third kappa shape index (κ3) is 2.74. The molecule has 2 N–H and O–H groups in total. The van der Waals surface area contributed by atoms with E-state index in [2.05, 4.69) is 0 Å². The molecule has 0 bridgehead atoms. The first-order chi connectivity index (χ1) is 6.84. The highest BCUT2D eigenvalue weighted by atomic mass is 32.1. The van der Waals surface area contributed by atoms with E-state index in [9.17, 15) is 18.3 Å². The van der Waals surface area contributed by atoms with Gasteiger partial charge in [-0.2, -0.15) is 13.2 Å². The van der Waals surface area contributed by atoms with Crippen LogP contribution in [0, 0.1) is 0 Å². The van der Waals surface area contributed by atoms with Crippen LogP contribution in [-0.4, -0.2) is 22.5 Å². The molecule has 1 rings (SSSR count). The molecule has 1 aromatic heterocycles. The summed E-state index contributed by atoms with van der Waals surface area (Å²) >= 11 is 0.981. The second-order valence-electron chi connectivity index (χ2n) is 2.41. The minimum Gasteiger partial charge on any atom is -0.507 e. The number of hydrogen-bond donors (Lipinski definition) is 2. The van der Waals surface area contributed by atoms with Crippen LogP contribution >= 0.6 is 11.3 Å². The Morgan fingerprint density at radius 3 is 2.71 bits per heavy atom. The molecule has 1 heterocycles. The van der Waals surface area contributed by atoms with Crippen LogP contribution in [0.5, 0.6) is 0 Å². The van der Waals surface area contributed by atoms with Crippen molar-refractivity contribution in [2.45, 2.75) is 12.3 Å². The lowest BCUT2D eigenvalue weighted by atomic mass is 10.2. The monoisotopic (exact) mass is 225 g/mol. The number of alkyl halides is 3. The molecule has 78 valence electrons. The second-order valence-corrected chi connectivity index (χ2v) is 3.36. The largest absolute Gasteiger partial charge is 0.507 e. The summed E-state index contributed by atoms with van der Waals surface area (Å²) in [5.41, 5.74) is 0. The molecule has 0 aliphatic heterocycles. The normalized spacial score (nSPS) is 17.3. The third-order valence-corrected chi connectivity index (χ3v) is 2.21. The summed E-state index contributed by atoms with van der Waals surface area (Å²) in [6, 6.07) is 1.63. The Hall–Kier alpha value is -1.01. The van der Waals surface area contributed by atoms with Crippen molar-refractivity contribution in [3.8, 4) is 0 Å². The summed E-state index contributed by atoms with van der Waals surface area (Å²) in [5.74, 6) is -0.852. The van der Waals surface area contributed by atoms with E-state index in [0.717, 1.165) is 11.3 Å². The number of thiophene rings is 1. The average Bonchev–Trinajstić information content (AvgIpc) is 2.65. The van der Waals surface area contributed by atoms with E-state index in [1.54, 1.807) is 5.38 Å². The molecule has 0 fully saturated rings. The molecule has 0 amide bonds. The summed E-state index contributed by atoms with van der Waals surface area (Å²) in [6.45, 7) is 0. The molecule has 0 aliphatic carbocycles. The molecule has 1 aromatic rings. The molecule has 0 aliphatic rings. The molecule has 0 saturated carbocycles. The maximum Gasteiger partial charge on any atom is 0.418 e. The van der Waals surface area contributed by atoms with Crippen molar-refractivity contribution < 1.29 is 24.8 Å². The maximum absolute atomic E-state index is 12.0. The second kappa shape index (κ2) is 4.02. The van der Waals surface area contributed by atoms with Crippen LogP contribution in [0.1, 0.15) is 6.25 Å². The highest BCUT2D eigenvalue weighted by Crippen LogP contribution is 2.24. The van der Waals surface area contributed by atoms with Gasteiger partial charge < -0.3 is 10.2 Å². The standard InChI is InChI=1S/C8H7F3O2S/c9-8(10,11)7(13)4-5(12)6-2-1-3-14-6/h1-4,7,12-13H/b5-4-/i4D. The van der Waals surface area contributed by atoms with Gasteiger partial charge in [0.25, 0.3) is 0 Å². The molecule has 0 aromatic carbocycles. The minimum atomic E-state index is -4.94. The molecule has 6 heteroatoms. The zero-order valence-electron chi connectivity index (χ0n) is 7.75. The van der Waals surface area contributed by atoms with Gasteiger partial charge in [0, 0.05) is 0 Å². The fourth-order valence-electron chi connectivity index (χ4n) is 0.696. The molecule has 0 spiro atoms. The molecule has 1 atom stereocenters. The molecular weight excluding hydrogens is 217 g/mol. The fourth-order valence-corrected chi connectivity index (χ4v) is 1.33. The van der Waals surface area contributed by atoms with Gasteiger partial charge in [-0.15, -0.1) is 11.3 Å². The van der Waals surface area contributed by atoms with Crippen molar-refractivity contribution in [3.05, 3.63) is 28.4 Å². The maximum atomic E-state index is 12.0. The van der Waals surface area contributed by atoms with E-state index in [1.165, 1.54) is 12.1 Å². The van der Waals surface area contributed by atoms with Crippen molar-refractivity contribution in [2.24, 2.45) is 0 Å². The quantitative estimate of drug-likeness (QED) is 0.759. The van der Waals surface area contributed by atoms with E-state index in [0.29, 0.717) is 0 Å². The number of rotatable bonds is 2. The number of aliphatic hydroxyl groups is 2. The first kappa shape index (κ1) is 9.54. The highest BCUT2D eigenvalue weighted by molar-refractivity contribution is 7.11. The van der Waals surface area contributed by atoms with Crippen molar-refractivity contribution in [3.63, 3.8) is 0 Å². The summed E-state index contributed by atoms with van der Waals surface area (Å²) in [4.78, 5) is 0.114. The van der Waals surface area contributed by atoms with Gasteiger partial charge in [-0.3, -0.25) is 0 Å². The third-order valence-electron chi connectivity index (χ3n) is 1.34. The van der Waals surface area contributed by atoms with Gasteiger partial charge in [0.2, 0.25) is 0 Å². The van der Waals surface area contributed by atoms with Crippen molar-refractivity contribution in [1.29, 1.82) is 0 Å². The predicted octanol–water partition coefficient (Wildman–Crippen LogP) is 2.57. The molecule has 0 radical (unpaired) electrons. The predicted molar refractivity (Wildman–Crippen MR) is 47.0 cm³/mol. The van der Waals surface area contributed by atoms with Gasteiger partial charge in [-0.1, -0.05) is 6.07 Å². The number of hydrogen-bond acceptors (Lipinski definition) is 3. The van der Waals surface area contributed by atoms with Gasteiger partial charge in [0.15, 0.2) is 6.10 Å². The van der Waals surface area contributed by atoms with Gasteiger partial charge in [0.05, 0.1) is 6.25 Å². The van der Waals surface area contributed by atoms with Crippen molar-refractivity contribution in [2.75, 3.05) is 0 Å². The zero-order valence-corrected chi connectivity index (χ0v) is 7.56. The Labute approximate surface area is 83.3 Å². The Bertz CT molecular complexity index is 358. The lowest BCUT2D eigenvalue weighted by Gasteiger charge is -2.10. The number of aliphatic hydroxyl groups excluding tert-OH is 2. The van der Waals surface area contributed by atoms with Gasteiger partial charge in [0.1, 0.15) is 5.76 Å². The summed E-state index contributed by atoms with van der Waals surface area (Å²) in [7, 11) is 0. The van der Waals surface area contributed by atoms with Crippen LogP contribution in [0.3, 0.4) is 0 Å². The summed E-state index contributed by atoms with van der Waals surface area (Å²) in [6.07, 6.45) is -7.90. The lowest BCUT2D eigenvalue weighted by Crippen LogP contribution is -2.26. The lowest BCUT2D eigenvalue weighted by molar-refractivity contribution is -0.187. The topological polar surface area (TPSA) is 40.5 Å². The summed E-state index contributed by atoms with van der Waals surface area (Å²) < 4.78 is 43.0. The van der Waals surface area contributed by atoms with E-state index >= 15 is 0 Å². The van der Waals surface area contributed by atoms with E-state index in [4.69, 9.17) is 6.48 Å². The molecule has 2 nitrogen and oxygen atoms in total. The molecular formula is C8H7F3O2S. The molecule has 0 saturated heterocycles. The fraction of sp³-hybridized carbons (Fsp3) is 0.250. The first-order valence-electron chi connectivity index (χ1n) is 4.02. The zero-order chi connectivity index (χ0) is 11.6. The first-order valence-corrected chi connectivity index (χ1v) is 4.40. The van der Waals surface area contributed by atoms with E-state index in [1.807, 2.05) is 0 Å². The van der Waals surface area contributed by atoms with Gasteiger partial charge in [-0.25, -0.2) is 0 Å². The van der Waals surface area contributed by atoms with E-state index in [-0.39, 0.29) is 4.88 Å². The van der Waals surface area contributed by atoms with Gasteiger partial charge >= 0.3 is 6.18 Å². The van der Waals surface area contributed by atoms with Crippen LogP contribution in [0.4, 0.5) is 13.2 Å². The average molecular weight is 225 g/mol. The highest BCUT2D eigenvalue weighted by Gasteiger charge is 2.37.